The number of pyridine rings is 1. The zero-order chi connectivity index (χ0) is 24.1. The van der Waals surface area contributed by atoms with Crippen molar-refractivity contribution in [3.63, 3.8) is 0 Å². The lowest BCUT2D eigenvalue weighted by Crippen LogP contribution is -2.23. The van der Waals surface area contributed by atoms with E-state index in [1.165, 1.54) is 0 Å². The quantitative estimate of drug-likeness (QED) is 0.318. The Hall–Kier alpha value is -4.85. The molecule has 0 spiro atoms. The molecule has 1 unspecified atom stereocenters. The van der Waals surface area contributed by atoms with Crippen LogP contribution in [0.4, 0.5) is 0 Å². The third-order valence-corrected chi connectivity index (χ3v) is 6.27. The number of carbonyl (C=O) groups is 3. The molecule has 5 aromatic rings. The van der Waals surface area contributed by atoms with Gasteiger partial charge in [-0.05, 0) is 31.2 Å². The monoisotopic (exact) mass is 461 g/mol. The van der Waals surface area contributed by atoms with Gasteiger partial charge in [0.05, 0.1) is 34.1 Å². The lowest BCUT2D eigenvalue weighted by atomic mass is 9.97. The van der Waals surface area contributed by atoms with E-state index in [4.69, 9.17) is 0 Å². The maximum atomic E-state index is 13.2. The van der Waals surface area contributed by atoms with Crippen LogP contribution in [0.15, 0.2) is 79.3 Å². The summed E-state index contributed by atoms with van der Waals surface area (Å²) < 4.78 is 3.53. The highest BCUT2D eigenvalue weighted by Gasteiger charge is 2.36. The average Bonchev–Trinajstić information content (AvgIpc) is 3.54. The van der Waals surface area contributed by atoms with Gasteiger partial charge < -0.3 is 9.36 Å². The largest absolute Gasteiger partial charge is 0.314 e. The minimum absolute atomic E-state index is 0.192. The Bertz CT molecular complexity index is 1690. The molecule has 4 heterocycles. The molecule has 6 rings (SSSR count). The molecule has 8 heteroatoms. The van der Waals surface area contributed by atoms with Gasteiger partial charge >= 0.3 is 0 Å². The number of fused-ring (bicyclic) bond motifs is 2. The Labute approximate surface area is 199 Å². The van der Waals surface area contributed by atoms with Crippen molar-refractivity contribution in [2.45, 2.75) is 13.0 Å². The second-order valence-corrected chi connectivity index (χ2v) is 8.36. The fraction of sp³-hybridized carbons (Fsp3) is 0.0741. The Morgan fingerprint density at radius 3 is 2.34 bits per heavy atom. The smallest absolute Gasteiger partial charge is 0.261 e. The van der Waals surface area contributed by atoms with Crippen molar-refractivity contribution in [2.75, 3.05) is 0 Å². The van der Waals surface area contributed by atoms with Gasteiger partial charge in [-0.1, -0.05) is 36.4 Å². The summed E-state index contributed by atoms with van der Waals surface area (Å²) in [6.07, 6.45) is 6.07. The van der Waals surface area contributed by atoms with Crippen molar-refractivity contribution in [2.24, 2.45) is 0 Å². The van der Waals surface area contributed by atoms with Crippen molar-refractivity contribution >= 4 is 51.1 Å². The van der Waals surface area contributed by atoms with Gasteiger partial charge in [0, 0.05) is 28.7 Å². The van der Waals surface area contributed by atoms with E-state index in [1.54, 1.807) is 24.0 Å². The number of aldehydes is 1. The Kier molecular flexibility index (Phi) is 4.67. The second-order valence-electron chi connectivity index (χ2n) is 8.36. The number of imide groups is 1. The average molecular weight is 461 g/mol. The van der Waals surface area contributed by atoms with Crippen molar-refractivity contribution in [3.8, 4) is 5.69 Å². The molecule has 1 N–H and O–H groups in total. The maximum Gasteiger partial charge on any atom is 0.261 e. The lowest BCUT2D eigenvalue weighted by molar-refractivity contribution is -0.122. The van der Waals surface area contributed by atoms with Crippen LogP contribution in [0.1, 0.15) is 24.2 Å². The topological polar surface area (TPSA) is 98.9 Å². The van der Waals surface area contributed by atoms with E-state index in [0.29, 0.717) is 22.2 Å². The van der Waals surface area contributed by atoms with Gasteiger partial charge in [0.2, 0.25) is 0 Å². The van der Waals surface area contributed by atoms with Crippen molar-refractivity contribution < 1.29 is 14.4 Å². The van der Waals surface area contributed by atoms with E-state index in [1.807, 2.05) is 71.4 Å². The van der Waals surface area contributed by atoms with Gasteiger partial charge in [-0.3, -0.25) is 24.6 Å². The number of benzene rings is 2. The van der Waals surface area contributed by atoms with E-state index in [0.717, 1.165) is 22.9 Å². The van der Waals surface area contributed by atoms with E-state index >= 15 is 0 Å². The fourth-order valence-corrected chi connectivity index (χ4v) is 4.67. The fourth-order valence-electron chi connectivity index (χ4n) is 4.67. The Morgan fingerprint density at radius 1 is 0.886 bits per heavy atom. The third-order valence-electron chi connectivity index (χ3n) is 6.27. The summed E-state index contributed by atoms with van der Waals surface area (Å²) in [7, 11) is 0. The lowest BCUT2D eigenvalue weighted by Gasteiger charge is -2.05. The standard InChI is InChI=1S/C27H19N5O3/c1-16(15-33)32-22-11-5-3-9-19(22)25(30-32)24-23(26(34)29-27(24)35)20-14-31(17-7-6-12-28-13-17)21-10-4-2-8-18(20)21/h2-16H,1H3,(H,29,34,35). The first kappa shape index (κ1) is 20.7. The molecular weight excluding hydrogens is 442 g/mol. The van der Waals surface area contributed by atoms with Crippen LogP contribution in [0.25, 0.3) is 38.6 Å². The molecule has 0 fully saturated rings. The zero-order valence-corrected chi connectivity index (χ0v) is 18.7. The van der Waals surface area contributed by atoms with Crippen LogP contribution < -0.4 is 5.32 Å². The minimum atomic E-state index is -0.537. The van der Waals surface area contributed by atoms with Crippen LogP contribution >= 0.6 is 0 Å². The SMILES string of the molecule is CC(C=O)n1nc(C2=C(c3cn(-c4cccnc4)c4ccccc34)C(=O)NC2=O)c2ccccc21. The second kappa shape index (κ2) is 7.88. The molecule has 0 radical (unpaired) electrons. The number of amides is 2. The van der Waals surface area contributed by atoms with Gasteiger partial charge in [-0.15, -0.1) is 0 Å². The molecule has 2 aromatic carbocycles. The summed E-state index contributed by atoms with van der Waals surface area (Å²) in [5.74, 6) is -1.00. The number of hydrogen-bond donors (Lipinski definition) is 1. The normalized spacial score (nSPS) is 14.7. The van der Waals surface area contributed by atoms with Crippen LogP contribution in [0.2, 0.25) is 0 Å². The summed E-state index contributed by atoms with van der Waals surface area (Å²) in [5.41, 5.74) is 3.84. The first-order valence-electron chi connectivity index (χ1n) is 11.1. The van der Waals surface area contributed by atoms with Crippen LogP contribution in [-0.4, -0.2) is 37.4 Å². The predicted molar refractivity (Wildman–Crippen MR) is 132 cm³/mol. The molecule has 0 bridgehead atoms. The van der Waals surface area contributed by atoms with Gasteiger partial charge in [-0.2, -0.15) is 5.10 Å². The molecule has 3 aromatic heterocycles. The van der Waals surface area contributed by atoms with Crippen molar-refractivity contribution in [3.05, 3.63) is 90.5 Å². The maximum absolute atomic E-state index is 13.2. The number of rotatable bonds is 5. The molecular formula is C27H19N5O3. The van der Waals surface area contributed by atoms with E-state index < -0.39 is 17.9 Å². The van der Waals surface area contributed by atoms with Crippen LogP contribution in [0, 0.1) is 0 Å². The number of nitrogens with zero attached hydrogens (tertiary/aromatic N) is 4. The summed E-state index contributed by atoms with van der Waals surface area (Å²) >= 11 is 0. The predicted octanol–water partition coefficient (Wildman–Crippen LogP) is 3.70. The van der Waals surface area contributed by atoms with Crippen molar-refractivity contribution in [1.29, 1.82) is 0 Å². The third kappa shape index (κ3) is 3.11. The zero-order valence-electron chi connectivity index (χ0n) is 18.7. The van der Waals surface area contributed by atoms with Gasteiger partial charge in [0.1, 0.15) is 18.0 Å². The van der Waals surface area contributed by atoms with Gasteiger partial charge in [-0.25, -0.2) is 0 Å². The summed E-state index contributed by atoms with van der Waals surface area (Å²) in [6, 6.07) is 18.3. The molecule has 1 aliphatic rings. The number of aromatic nitrogens is 4. The Morgan fingerprint density at radius 2 is 1.60 bits per heavy atom. The summed E-state index contributed by atoms with van der Waals surface area (Å²) in [6.45, 7) is 1.73. The molecule has 2 amide bonds. The van der Waals surface area contributed by atoms with Crippen molar-refractivity contribution in [1.82, 2.24) is 24.6 Å². The number of nitrogens with one attached hydrogen (secondary N) is 1. The van der Waals surface area contributed by atoms with E-state index in [2.05, 4.69) is 15.4 Å². The Balaban J connectivity index is 1.67. The molecule has 170 valence electrons. The molecule has 8 nitrogen and oxygen atoms in total. The molecule has 0 saturated heterocycles. The van der Waals surface area contributed by atoms with Crippen LogP contribution in [0.3, 0.4) is 0 Å². The molecule has 1 atom stereocenters. The number of para-hydroxylation sites is 2. The minimum Gasteiger partial charge on any atom is -0.314 e. The highest BCUT2D eigenvalue weighted by atomic mass is 16.2. The highest BCUT2D eigenvalue weighted by Crippen LogP contribution is 2.38. The first-order chi connectivity index (χ1) is 17.1. The summed E-state index contributed by atoms with van der Waals surface area (Å²) in [5, 5.41) is 8.61. The molecule has 1 aliphatic heterocycles. The molecule has 0 saturated carbocycles. The van der Waals surface area contributed by atoms with Gasteiger partial charge in [0.25, 0.3) is 11.8 Å². The molecule has 35 heavy (non-hydrogen) atoms. The highest BCUT2D eigenvalue weighted by molar-refractivity contribution is 6.50. The summed E-state index contributed by atoms with van der Waals surface area (Å²) in [4.78, 5) is 42.1. The van der Waals surface area contributed by atoms with E-state index in [-0.39, 0.29) is 11.1 Å². The molecule has 0 aliphatic carbocycles. The number of carbonyl (C=O) groups excluding carboxylic acids is 3. The number of hydrogen-bond acceptors (Lipinski definition) is 5. The van der Waals surface area contributed by atoms with E-state index in [9.17, 15) is 14.4 Å². The van der Waals surface area contributed by atoms with Crippen LogP contribution in [0.5, 0.6) is 0 Å². The first-order valence-corrected chi connectivity index (χ1v) is 11.1. The van der Waals surface area contributed by atoms with Crippen LogP contribution in [-0.2, 0) is 14.4 Å². The van der Waals surface area contributed by atoms with Gasteiger partial charge in [0.15, 0.2) is 0 Å².